The zero-order chi connectivity index (χ0) is 16.8. The molecule has 4 heteroatoms. The van der Waals surface area contributed by atoms with Gasteiger partial charge in [-0.1, -0.05) is 30.3 Å². The molecule has 0 unspecified atom stereocenters. The second-order valence-electron chi connectivity index (χ2n) is 5.02. The van der Waals surface area contributed by atoms with Gasteiger partial charge in [-0.25, -0.2) is 4.79 Å². The van der Waals surface area contributed by atoms with E-state index in [0.717, 1.165) is 6.29 Å². The second-order valence-corrected chi connectivity index (χ2v) is 5.02. The van der Waals surface area contributed by atoms with Crippen molar-refractivity contribution in [1.82, 2.24) is 0 Å². The van der Waals surface area contributed by atoms with Crippen LogP contribution in [0.25, 0.3) is 0 Å². The van der Waals surface area contributed by atoms with E-state index in [1.807, 2.05) is 6.07 Å². The molecule has 0 amide bonds. The topological polar surface area (TPSA) is 52.6 Å². The Morgan fingerprint density at radius 1 is 0.750 bits per heavy atom. The summed E-state index contributed by atoms with van der Waals surface area (Å²) in [5.41, 5.74) is 0.961. The summed E-state index contributed by atoms with van der Waals surface area (Å²) in [6.45, 7) is 0. The van der Waals surface area contributed by atoms with Crippen molar-refractivity contribution in [2.45, 2.75) is 0 Å². The Labute approximate surface area is 139 Å². The van der Waals surface area contributed by atoms with E-state index in [1.54, 1.807) is 72.8 Å². The van der Waals surface area contributed by atoms with Crippen LogP contribution in [0.3, 0.4) is 0 Å². The summed E-state index contributed by atoms with van der Waals surface area (Å²) in [7, 11) is 0. The molecule has 0 heterocycles. The van der Waals surface area contributed by atoms with Gasteiger partial charge in [0.25, 0.3) is 0 Å². The van der Waals surface area contributed by atoms with E-state index in [0.29, 0.717) is 28.4 Å². The van der Waals surface area contributed by atoms with E-state index in [2.05, 4.69) is 0 Å². The molecule has 4 nitrogen and oxygen atoms in total. The lowest BCUT2D eigenvalue weighted by atomic mass is 10.2. The van der Waals surface area contributed by atoms with Gasteiger partial charge in [0.2, 0.25) is 0 Å². The molecule has 3 aromatic rings. The van der Waals surface area contributed by atoms with Crippen molar-refractivity contribution in [2.75, 3.05) is 0 Å². The third-order valence-corrected chi connectivity index (χ3v) is 3.27. The summed E-state index contributed by atoms with van der Waals surface area (Å²) in [5, 5.41) is 0. The Kier molecular flexibility index (Phi) is 4.68. The van der Waals surface area contributed by atoms with Crippen molar-refractivity contribution in [2.24, 2.45) is 0 Å². The van der Waals surface area contributed by atoms with Gasteiger partial charge in [-0.05, 0) is 48.5 Å². The SMILES string of the molecule is O=Cc1cccc(Oc2ccc(C(=O)Oc3ccccc3)cc2)c1. The minimum Gasteiger partial charge on any atom is -0.457 e. The molecule has 0 N–H and O–H groups in total. The number of para-hydroxylation sites is 1. The number of carbonyl (C=O) groups excluding carboxylic acids is 2. The molecule has 0 fully saturated rings. The lowest BCUT2D eigenvalue weighted by Gasteiger charge is -2.07. The number of carbonyl (C=O) groups is 2. The van der Waals surface area contributed by atoms with Crippen molar-refractivity contribution >= 4 is 12.3 Å². The first-order valence-electron chi connectivity index (χ1n) is 7.35. The van der Waals surface area contributed by atoms with Gasteiger partial charge < -0.3 is 9.47 Å². The Balaban J connectivity index is 1.68. The number of hydrogen-bond donors (Lipinski definition) is 0. The van der Waals surface area contributed by atoms with Crippen LogP contribution < -0.4 is 9.47 Å². The third kappa shape index (κ3) is 3.87. The first kappa shape index (κ1) is 15.5. The van der Waals surface area contributed by atoms with Gasteiger partial charge >= 0.3 is 5.97 Å². The van der Waals surface area contributed by atoms with Crippen molar-refractivity contribution < 1.29 is 19.1 Å². The predicted octanol–water partition coefficient (Wildman–Crippen LogP) is 4.51. The van der Waals surface area contributed by atoms with Gasteiger partial charge in [0.15, 0.2) is 0 Å². The maximum Gasteiger partial charge on any atom is 0.343 e. The third-order valence-electron chi connectivity index (χ3n) is 3.27. The average molecular weight is 318 g/mol. The summed E-state index contributed by atoms with van der Waals surface area (Å²) in [6.07, 6.45) is 0.759. The van der Waals surface area contributed by atoms with Crippen LogP contribution in [0.2, 0.25) is 0 Å². The number of ether oxygens (including phenoxy) is 2. The highest BCUT2D eigenvalue weighted by atomic mass is 16.5. The molecule has 118 valence electrons. The molecular formula is C20H14O4. The number of esters is 1. The first-order chi connectivity index (χ1) is 11.7. The molecule has 24 heavy (non-hydrogen) atoms. The fraction of sp³-hybridized carbons (Fsp3) is 0. The predicted molar refractivity (Wildman–Crippen MR) is 89.7 cm³/mol. The van der Waals surface area contributed by atoms with Crippen LogP contribution >= 0.6 is 0 Å². The molecule has 3 aromatic carbocycles. The van der Waals surface area contributed by atoms with E-state index < -0.39 is 5.97 Å². The maximum absolute atomic E-state index is 12.1. The summed E-state index contributed by atoms with van der Waals surface area (Å²) in [6, 6.07) is 22.3. The van der Waals surface area contributed by atoms with Crippen molar-refractivity contribution in [1.29, 1.82) is 0 Å². The summed E-state index contributed by atoms with van der Waals surface area (Å²) < 4.78 is 10.9. The molecule has 0 spiro atoms. The minimum absolute atomic E-state index is 0.424. The Morgan fingerprint density at radius 2 is 1.46 bits per heavy atom. The van der Waals surface area contributed by atoms with Crippen LogP contribution in [-0.2, 0) is 0 Å². The van der Waals surface area contributed by atoms with Gasteiger partial charge in [-0.15, -0.1) is 0 Å². The van der Waals surface area contributed by atoms with E-state index >= 15 is 0 Å². The quantitative estimate of drug-likeness (QED) is 0.394. The average Bonchev–Trinajstić information content (AvgIpc) is 2.63. The molecule has 3 rings (SSSR count). The van der Waals surface area contributed by atoms with Crippen LogP contribution in [0.4, 0.5) is 0 Å². The van der Waals surface area contributed by atoms with E-state index in [-0.39, 0.29) is 0 Å². The fourth-order valence-electron chi connectivity index (χ4n) is 2.10. The molecule has 0 aromatic heterocycles. The number of aldehydes is 1. The fourth-order valence-corrected chi connectivity index (χ4v) is 2.10. The second kappa shape index (κ2) is 7.24. The van der Waals surface area contributed by atoms with Crippen LogP contribution in [-0.4, -0.2) is 12.3 Å². The van der Waals surface area contributed by atoms with Gasteiger partial charge in [0.05, 0.1) is 5.56 Å². The number of hydrogen-bond acceptors (Lipinski definition) is 4. The van der Waals surface area contributed by atoms with E-state index in [1.165, 1.54) is 0 Å². The Morgan fingerprint density at radius 3 is 2.17 bits per heavy atom. The normalized spacial score (nSPS) is 10.0. The molecule has 0 aliphatic carbocycles. The van der Waals surface area contributed by atoms with Crippen LogP contribution in [0.15, 0.2) is 78.9 Å². The maximum atomic E-state index is 12.1. The highest BCUT2D eigenvalue weighted by Crippen LogP contribution is 2.22. The molecule has 0 saturated heterocycles. The zero-order valence-corrected chi connectivity index (χ0v) is 12.7. The molecule has 0 atom stereocenters. The lowest BCUT2D eigenvalue weighted by Crippen LogP contribution is -2.08. The van der Waals surface area contributed by atoms with Crippen LogP contribution in [0.5, 0.6) is 17.2 Å². The Bertz CT molecular complexity index is 839. The van der Waals surface area contributed by atoms with Gasteiger partial charge in [0.1, 0.15) is 23.5 Å². The van der Waals surface area contributed by atoms with Crippen molar-refractivity contribution in [3.05, 3.63) is 90.0 Å². The van der Waals surface area contributed by atoms with E-state index in [9.17, 15) is 9.59 Å². The Hall–Kier alpha value is -3.40. The summed E-state index contributed by atoms with van der Waals surface area (Å²) >= 11 is 0. The van der Waals surface area contributed by atoms with Gasteiger partial charge in [-0.2, -0.15) is 0 Å². The highest BCUT2D eigenvalue weighted by molar-refractivity contribution is 5.91. The monoisotopic (exact) mass is 318 g/mol. The summed E-state index contributed by atoms with van der Waals surface area (Å²) in [5.74, 6) is 1.18. The van der Waals surface area contributed by atoms with Crippen molar-refractivity contribution in [3.8, 4) is 17.2 Å². The highest BCUT2D eigenvalue weighted by Gasteiger charge is 2.08. The molecule has 0 aliphatic heterocycles. The van der Waals surface area contributed by atoms with E-state index in [4.69, 9.17) is 9.47 Å². The van der Waals surface area contributed by atoms with Crippen LogP contribution in [0.1, 0.15) is 20.7 Å². The number of rotatable bonds is 5. The van der Waals surface area contributed by atoms with Crippen molar-refractivity contribution in [3.63, 3.8) is 0 Å². The largest absolute Gasteiger partial charge is 0.457 e. The number of benzene rings is 3. The molecule has 0 aliphatic rings. The standard InChI is InChI=1S/C20H14O4/c21-14-15-5-4-8-19(13-15)23-18-11-9-16(10-12-18)20(22)24-17-6-2-1-3-7-17/h1-14H. The molecular weight excluding hydrogens is 304 g/mol. The zero-order valence-electron chi connectivity index (χ0n) is 12.7. The smallest absolute Gasteiger partial charge is 0.343 e. The lowest BCUT2D eigenvalue weighted by molar-refractivity contribution is 0.0734. The van der Waals surface area contributed by atoms with Crippen LogP contribution in [0, 0.1) is 0 Å². The minimum atomic E-state index is -0.435. The molecule has 0 radical (unpaired) electrons. The molecule has 0 bridgehead atoms. The first-order valence-corrected chi connectivity index (χ1v) is 7.35. The van der Waals surface area contributed by atoms with Gasteiger partial charge in [-0.3, -0.25) is 4.79 Å². The van der Waals surface area contributed by atoms with Gasteiger partial charge in [0, 0.05) is 5.56 Å². The molecule has 0 saturated carbocycles. The summed E-state index contributed by atoms with van der Waals surface area (Å²) in [4.78, 5) is 22.8.